The lowest BCUT2D eigenvalue weighted by Crippen LogP contribution is -2.56. The standard InChI is InChI=1S/C13H21N5OS/c1-15-13-16-11(14)10(20-13)12(19)18-7-6-17-5-3-2-4-9(17)8-18/h9H,2-8,14H2,1H3,(H,15,16). The molecule has 3 N–H and O–H groups in total. The van der Waals surface area contributed by atoms with Gasteiger partial charge >= 0.3 is 0 Å². The third-order valence-corrected chi connectivity index (χ3v) is 5.26. The Hall–Kier alpha value is -1.34. The van der Waals surface area contributed by atoms with Crippen LogP contribution in [0.3, 0.4) is 0 Å². The van der Waals surface area contributed by atoms with E-state index in [1.54, 1.807) is 7.05 Å². The lowest BCUT2D eigenvalue weighted by molar-refractivity contribution is 0.0376. The molecule has 0 bridgehead atoms. The zero-order valence-electron chi connectivity index (χ0n) is 11.8. The van der Waals surface area contributed by atoms with E-state index in [0.29, 0.717) is 21.9 Å². The number of nitrogens with one attached hydrogen (secondary N) is 1. The lowest BCUT2D eigenvalue weighted by atomic mass is 9.99. The van der Waals surface area contributed by atoms with Crippen molar-refractivity contribution in [1.29, 1.82) is 0 Å². The van der Waals surface area contributed by atoms with Crippen LogP contribution in [0, 0.1) is 0 Å². The fourth-order valence-corrected chi connectivity index (χ4v) is 3.88. The molecule has 0 radical (unpaired) electrons. The summed E-state index contributed by atoms with van der Waals surface area (Å²) in [5.41, 5.74) is 5.86. The molecule has 1 aromatic rings. The minimum atomic E-state index is 0.0340. The number of piperidine rings is 1. The number of carbonyl (C=O) groups is 1. The summed E-state index contributed by atoms with van der Waals surface area (Å²) in [5.74, 6) is 0.377. The molecule has 2 aliphatic rings. The van der Waals surface area contributed by atoms with E-state index in [1.165, 1.54) is 37.1 Å². The van der Waals surface area contributed by atoms with Crippen LogP contribution >= 0.6 is 11.3 Å². The fourth-order valence-electron chi connectivity index (χ4n) is 3.08. The van der Waals surface area contributed by atoms with E-state index in [2.05, 4.69) is 15.2 Å². The van der Waals surface area contributed by atoms with Crippen LogP contribution in [0.1, 0.15) is 28.9 Å². The molecule has 7 heteroatoms. The number of aromatic nitrogens is 1. The van der Waals surface area contributed by atoms with Crippen molar-refractivity contribution < 1.29 is 4.79 Å². The minimum Gasteiger partial charge on any atom is -0.382 e. The van der Waals surface area contributed by atoms with Gasteiger partial charge in [-0.2, -0.15) is 0 Å². The topological polar surface area (TPSA) is 74.5 Å². The Balaban J connectivity index is 1.72. The van der Waals surface area contributed by atoms with Crippen molar-refractivity contribution in [2.24, 2.45) is 0 Å². The number of carbonyl (C=O) groups excluding carboxylic acids is 1. The molecule has 3 rings (SSSR count). The van der Waals surface area contributed by atoms with E-state index in [4.69, 9.17) is 5.73 Å². The van der Waals surface area contributed by atoms with Crippen molar-refractivity contribution >= 4 is 28.2 Å². The number of hydrogen-bond acceptors (Lipinski definition) is 6. The molecule has 3 heterocycles. The number of amides is 1. The zero-order valence-corrected chi connectivity index (χ0v) is 12.6. The molecular weight excluding hydrogens is 274 g/mol. The first kappa shape index (κ1) is 13.6. The van der Waals surface area contributed by atoms with Crippen LogP contribution in [-0.4, -0.2) is 60.0 Å². The van der Waals surface area contributed by atoms with E-state index in [-0.39, 0.29) is 5.91 Å². The van der Waals surface area contributed by atoms with Gasteiger partial charge in [-0.1, -0.05) is 17.8 Å². The normalized spacial score (nSPS) is 23.4. The predicted molar refractivity (Wildman–Crippen MR) is 81.2 cm³/mol. The number of nitrogens with two attached hydrogens (primary N) is 1. The largest absolute Gasteiger partial charge is 0.382 e. The Morgan fingerprint density at radius 2 is 2.25 bits per heavy atom. The van der Waals surface area contributed by atoms with Crippen molar-refractivity contribution in [1.82, 2.24) is 14.8 Å². The first-order valence-corrected chi connectivity index (χ1v) is 7.98. The second-order valence-electron chi connectivity index (χ2n) is 5.42. The highest BCUT2D eigenvalue weighted by Gasteiger charge is 2.32. The Morgan fingerprint density at radius 3 is 3.00 bits per heavy atom. The smallest absolute Gasteiger partial charge is 0.267 e. The van der Waals surface area contributed by atoms with Gasteiger partial charge in [0.05, 0.1) is 0 Å². The lowest BCUT2D eigenvalue weighted by Gasteiger charge is -2.43. The average Bonchev–Trinajstić information content (AvgIpc) is 2.87. The Morgan fingerprint density at radius 1 is 1.40 bits per heavy atom. The SMILES string of the molecule is CNc1nc(N)c(C(=O)N2CCN3CCCCC3C2)s1. The van der Waals surface area contributed by atoms with Gasteiger partial charge in [0, 0.05) is 32.7 Å². The van der Waals surface area contributed by atoms with Crippen LogP contribution in [0.4, 0.5) is 10.9 Å². The van der Waals surface area contributed by atoms with Crippen LogP contribution in [0.5, 0.6) is 0 Å². The van der Waals surface area contributed by atoms with Crippen molar-refractivity contribution in [3.05, 3.63) is 4.88 Å². The van der Waals surface area contributed by atoms with E-state index in [9.17, 15) is 4.79 Å². The van der Waals surface area contributed by atoms with Gasteiger partial charge in [-0.05, 0) is 19.4 Å². The molecule has 2 saturated heterocycles. The highest BCUT2D eigenvalue weighted by molar-refractivity contribution is 7.18. The Kier molecular flexibility index (Phi) is 3.80. The van der Waals surface area contributed by atoms with Crippen LogP contribution < -0.4 is 11.1 Å². The number of piperazine rings is 1. The molecule has 20 heavy (non-hydrogen) atoms. The van der Waals surface area contributed by atoms with Crippen molar-refractivity contribution in [2.75, 3.05) is 44.3 Å². The maximum atomic E-state index is 12.6. The molecule has 0 saturated carbocycles. The molecule has 2 fully saturated rings. The molecule has 6 nitrogen and oxygen atoms in total. The fraction of sp³-hybridized carbons (Fsp3) is 0.692. The monoisotopic (exact) mass is 295 g/mol. The zero-order chi connectivity index (χ0) is 14.1. The summed E-state index contributed by atoms with van der Waals surface area (Å²) in [4.78, 5) is 21.8. The molecule has 2 aliphatic heterocycles. The molecule has 0 aliphatic carbocycles. The summed E-state index contributed by atoms with van der Waals surface area (Å²) in [7, 11) is 1.79. The van der Waals surface area contributed by atoms with Crippen LogP contribution in [0.15, 0.2) is 0 Å². The summed E-state index contributed by atoms with van der Waals surface area (Å²) in [6.45, 7) is 3.78. The highest BCUT2D eigenvalue weighted by atomic mass is 32.1. The summed E-state index contributed by atoms with van der Waals surface area (Å²) in [6, 6.07) is 0.527. The van der Waals surface area contributed by atoms with Gasteiger partial charge in [0.1, 0.15) is 10.7 Å². The van der Waals surface area contributed by atoms with Gasteiger partial charge in [-0.25, -0.2) is 4.98 Å². The summed E-state index contributed by atoms with van der Waals surface area (Å²) in [6.07, 6.45) is 3.76. The molecule has 110 valence electrons. The van der Waals surface area contributed by atoms with Gasteiger partial charge in [-0.3, -0.25) is 9.69 Å². The summed E-state index contributed by atoms with van der Waals surface area (Å²) >= 11 is 1.34. The summed E-state index contributed by atoms with van der Waals surface area (Å²) in [5, 5.41) is 3.64. The Bertz CT molecular complexity index is 503. The predicted octanol–water partition coefficient (Wildman–Crippen LogP) is 1.08. The second kappa shape index (κ2) is 5.57. The maximum Gasteiger partial charge on any atom is 0.267 e. The number of nitrogens with zero attached hydrogens (tertiary/aromatic N) is 3. The first-order chi connectivity index (χ1) is 9.69. The van der Waals surface area contributed by atoms with Gasteiger partial charge in [0.15, 0.2) is 5.13 Å². The second-order valence-corrected chi connectivity index (χ2v) is 6.42. The molecule has 1 atom stereocenters. The molecule has 0 spiro atoms. The quantitative estimate of drug-likeness (QED) is 0.854. The molecule has 1 aromatic heterocycles. The van der Waals surface area contributed by atoms with Gasteiger partial charge in [0.25, 0.3) is 5.91 Å². The van der Waals surface area contributed by atoms with Gasteiger partial charge in [0.2, 0.25) is 0 Å². The maximum absolute atomic E-state index is 12.6. The average molecular weight is 295 g/mol. The van der Waals surface area contributed by atoms with Crippen LogP contribution in [0.25, 0.3) is 0 Å². The minimum absolute atomic E-state index is 0.0340. The van der Waals surface area contributed by atoms with Crippen LogP contribution in [0.2, 0.25) is 0 Å². The van der Waals surface area contributed by atoms with Crippen molar-refractivity contribution in [2.45, 2.75) is 25.3 Å². The van der Waals surface area contributed by atoms with Gasteiger partial charge in [-0.15, -0.1) is 0 Å². The Labute approximate surface area is 123 Å². The number of nitrogen functional groups attached to an aromatic ring is 1. The third-order valence-electron chi connectivity index (χ3n) is 4.19. The van der Waals surface area contributed by atoms with Crippen LogP contribution in [-0.2, 0) is 0 Å². The number of rotatable bonds is 2. The van der Waals surface area contributed by atoms with E-state index in [0.717, 1.165) is 19.6 Å². The van der Waals surface area contributed by atoms with Gasteiger partial charge < -0.3 is 16.0 Å². The van der Waals surface area contributed by atoms with E-state index in [1.807, 2.05) is 4.90 Å². The number of anilines is 2. The molecule has 0 aromatic carbocycles. The molecular formula is C13H21N5OS. The number of hydrogen-bond donors (Lipinski definition) is 2. The third kappa shape index (κ3) is 2.47. The number of thiazole rings is 1. The van der Waals surface area contributed by atoms with E-state index >= 15 is 0 Å². The molecule has 1 amide bonds. The highest BCUT2D eigenvalue weighted by Crippen LogP contribution is 2.28. The summed E-state index contributed by atoms with van der Waals surface area (Å²) < 4.78 is 0. The van der Waals surface area contributed by atoms with Crippen molar-refractivity contribution in [3.8, 4) is 0 Å². The van der Waals surface area contributed by atoms with E-state index < -0.39 is 0 Å². The van der Waals surface area contributed by atoms with Crippen molar-refractivity contribution in [3.63, 3.8) is 0 Å². The first-order valence-electron chi connectivity index (χ1n) is 7.16. The number of fused-ring (bicyclic) bond motifs is 1. The molecule has 1 unspecified atom stereocenters.